The summed E-state index contributed by atoms with van der Waals surface area (Å²) in [5.41, 5.74) is 1.54. The Balaban J connectivity index is 1.84. The van der Waals surface area contributed by atoms with Gasteiger partial charge >= 0.3 is 0 Å². The van der Waals surface area contributed by atoms with Gasteiger partial charge in [-0.05, 0) is 49.9 Å². The Morgan fingerprint density at radius 3 is 2.80 bits per heavy atom. The lowest BCUT2D eigenvalue weighted by molar-refractivity contribution is -0.385. The molecule has 1 fully saturated rings. The highest BCUT2D eigenvalue weighted by molar-refractivity contribution is 5.97. The number of hydrogen-bond acceptors (Lipinski definition) is 3. The molecule has 1 aliphatic rings. The summed E-state index contributed by atoms with van der Waals surface area (Å²) in [4.78, 5) is 25.3. The van der Waals surface area contributed by atoms with Gasteiger partial charge in [-0.2, -0.15) is 0 Å². The fourth-order valence-electron chi connectivity index (χ4n) is 3.46. The molecule has 0 saturated carbocycles. The van der Waals surface area contributed by atoms with Gasteiger partial charge in [0.05, 0.1) is 4.92 Å². The van der Waals surface area contributed by atoms with E-state index >= 15 is 0 Å². The molecule has 5 nitrogen and oxygen atoms in total. The lowest BCUT2D eigenvalue weighted by Crippen LogP contribution is -2.37. The Morgan fingerprint density at radius 1 is 1.32 bits per heavy atom. The zero-order valence-electron chi connectivity index (χ0n) is 13.9. The van der Waals surface area contributed by atoms with Crippen LogP contribution in [0, 0.1) is 22.9 Å². The Kier molecular flexibility index (Phi) is 4.79. The first-order valence-corrected chi connectivity index (χ1v) is 8.27. The summed E-state index contributed by atoms with van der Waals surface area (Å²) in [5, 5.41) is 11.1. The zero-order chi connectivity index (χ0) is 18.0. The summed E-state index contributed by atoms with van der Waals surface area (Å²) in [5.74, 6) is -0.483. The van der Waals surface area contributed by atoms with E-state index in [2.05, 4.69) is 0 Å². The molecule has 3 rings (SSSR count). The number of nitro groups is 1. The van der Waals surface area contributed by atoms with Crippen LogP contribution in [0.25, 0.3) is 0 Å². The predicted molar refractivity (Wildman–Crippen MR) is 92.0 cm³/mol. The maximum Gasteiger partial charge on any atom is 0.273 e. The monoisotopic (exact) mass is 342 g/mol. The van der Waals surface area contributed by atoms with Gasteiger partial charge in [-0.25, -0.2) is 4.39 Å². The molecule has 2 aromatic carbocycles. The molecule has 0 bridgehead atoms. The highest BCUT2D eigenvalue weighted by Gasteiger charge is 2.31. The van der Waals surface area contributed by atoms with Crippen LogP contribution in [-0.2, 0) is 6.42 Å². The van der Waals surface area contributed by atoms with Crippen LogP contribution in [0.3, 0.4) is 0 Å². The normalized spacial score (nSPS) is 16.9. The lowest BCUT2D eigenvalue weighted by atomic mass is 10.0. The molecule has 0 N–H and O–H groups in total. The number of halogens is 1. The molecule has 0 aliphatic carbocycles. The fourth-order valence-corrected chi connectivity index (χ4v) is 3.46. The number of benzene rings is 2. The minimum atomic E-state index is -0.472. The zero-order valence-corrected chi connectivity index (χ0v) is 13.9. The van der Waals surface area contributed by atoms with E-state index in [0.29, 0.717) is 24.1 Å². The van der Waals surface area contributed by atoms with E-state index in [1.54, 1.807) is 24.0 Å². The van der Waals surface area contributed by atoms with Gasteiger partial charge in [0.15, 0.2) is 0 Å². The molecule has 0 spiro atoms. The Labute approximate surface area is 145 Å². The summed E-state index contributed by atoms with van der Waals surface area (Å²) in [7, 11) is 0. The summed E-state index contributed by atoms with van der Waals surface area (Å²) in [6, 6.07) is 10.9. The maximum absolute atomic E-state index is 13.4. The van der Waals surface area contributed by atoms with Crippen molar-refractivity contribution in [3.8, 4) is 0 Å². The summed E-state index contributed by atoms with van der Waals surface area (Å²) < 4.78 is 13.4. The van der Waals surface area contributed by atoms with Crippen molar-refractivity contribution in [1.29, 1.82) is 0 Å². The molecule has 1 atom stereocenters. The summed E-state index contributed by atoms with van der Waals surface area (Å²) in [6.07, 6.45) is 2.30. The van der Waals surface area contributed by atoms with Crippen LogP contribution in [-0.4, -0.2) is 28.3 Å². The molecular formula is C19H19FN2O3. The van der Waals surface area contributed by atoms with Crippen molar-refractivity contribution in [1.82, 2.24) is 4.90 Å². The standard InChI is InChI=1S/C19H19FN2O3/c1-13-17(8-3-9-18(13)22(24)25)19(23)21-10-4-7-16(21)12-14-5-2-6-15(20)11-14/h2-3,5-6,8-9,11,16H,4,7,10,12H2,1H3. The van der Waals surface area contributed by atoms with Crippen molar-refractivity contribution in [3.63, 3.8) is 0 Å². The molecule has 6 heteroatoms. The second kappa shape index (κ2) is 7.01. The molecule has 1 heterocycles. The topological polar surface area (TPSA) is 63.5 Å². The van der Waals surface area contributed by atoms with Crippen molar-refractivity contribution in [3.05, 3.63) is 75.1 Å². The summed E-state index contributed by atoms with van der Waals surface area (Å²) >= 11 is 0. The van der Waals surface area contributed by atoms with E-state index in [0.717, 1.165) is 18.4 Å². The minimum absolute atomic E-state index is 0.0204. The van der Waals surface area contributed by atoms with Gasteiger partial charge in [0.1, 0.15) is 5.82 Å². The van der Waals surface area contributed by atoms with Crippen LogP contribution in [0.4, 0.5) is 10.1 Å². The number of nitro benzene ring substituents is 1. The fraction of sp³-hybridized carbons (Fsp3) is 0.316. The summed E-state index contributed by atoms with van der Waals surface area (Å²) in [6.45, 7) is 2.21. The number of hydrogen-bond donors (Lipinski definition) is 0. The third-order valence-corrected chi connectivity index (χ3v) is 4.73. The molecule has 1 unspecified atom stereocenters. The first-order chi connectivity index (χ1) is 12.0. The third-order valence-electron chi connectivity index (χ3n) is 4.73. The van der Waals surface area contributed by atoms with E-state index in [1.807, 2.05) is 6.07 Å². The van der Waals surface area contributed by atoms with Crippen LogP contribution < -0.4 is 0 Å². The smallest absolute Gasteiger partial charge is 0.273 e. The van der Waals surface area contributed by atoms with Gasteiger partial charge < -0.3 is 4.90 Å². The number of nitrogens with zero attached hydrogens (tertiary/aromatic N) is 2. The van der Waals surface area contributed by atoms with Gasteiger partial charge in [0.2, 0.25) is 0 Å². The van der Waals surface area contributed by atoms with Crippen molar-refractivity contribution in [2.75, 3.05) is 6.54 Å². The molecule has 1 amide bonds. The molecule has 0 radical (unpaired) electrons. The van der Waals surface area contributed by atoms with Gasteiger partial charge in [-0.1, -0.05) is 18.2 Å². The van der Waals surface area contributed by atoms with Crippen molar-refractivity contribution >= 4 is 11.6 Å². The van der Waals surface area contributed by atoms with Gasteiger partial charge in [0.25, 0.3) is 11.6 Å². The number of carbonyl (C=O) groups is 1. The van der Waals surface area contributed by atoms with Crippen molar-refractivity contribution < 1.29 is 14.1 Å². The van der Waals surface area contributed by atoms with Crippen LogP contribution in [0.2, 0.25) is 0 Å². The average Bonchev–Trinajstić information content (AvgIpc) is 3.02. The lowest BCUT2D eigenvalue weighted by Gasteiger charge is -2.25. The van der Waals surface area contributed by atoms with E-state index < -0.39 is 4.92 Å². The minimum Gasteiger partial charge on any atom is -0.335 e. The molecular weight excluding hydrogens is 323 g/mol. The first-order valence-electron chi connectivity index (χ1n) is 8.27. The van der Waals surface area contributed by atoms with Crippen LogP contribution in [0.1, 0.15) is 34.3 Å². The van der Waals surface area contributed by atoms with Crippen molar-refractivity contribution in [2.45, 2.75) is 32.2 Å². The van der Waals surface area contributed by atoms with E-state index in [-0.39, 0.29) is 23.5 Å². The number of carbonyl (C=O) groups excluding carboxylic acids is 1. The maximum atomic E-state index is 13.4. The second-order valence-electron chi connectivity index (χ2n) is 6.34. The molecule has 1 saturated heterocycles. The van der Waals surface area contributed by atoms with E-state index in [1.165, 1.54) is 24.3 Å². The van der Waals surface area contributed by atoms with Gasteiger partial charge in [-0.3, -0.25) is 14.9 Å². The predicted octanol–water partition coefficient (Wildman–Crippen LogP) is 3.89. The largest absolute Gasteiger partial charge is 0.335 e. The molecule has 0 aromatic heterocycles. The number of rotatable bonds is 4. The third kappa shape index (κ3) is 3.52. The van der Waals surface area contributed by atoms with Crippen LogP contribution >= 0.6 is 0 Å². The van der Waals surface area contributed by atoms with Gasteiger partial charge in [0, 0.05) is 29.8 Å². The van der Waals surface area contributed by atoms with E-state index in [4.69, 9.17) is 0 Å². The number of amides is 1. The SMILES string of the molecule is Cc1c(C(=O)N2CCCC2Cc2cccc(F)c2)cccc1[N+](=O)[O-]. The number of likely N-dealkylation sites (tertiary alicyclic amines) is 1. The molecule has 130 valence electrons. The first kappa shape index (κ1) is 17.1. The Morgan fingerprint density at radius 2 is 2.08 bits per heavy atom. The van der Waals surface area contributed by atoms with Gasteiger partial charge in [-0.15, -0.1) is 0 Å². The van der Waals surface area contributed by atoms with Crippen LogP contribution in [0.15, 0.2) is 42.5 Å². The average molecular weight is 342 g/mol. The highest BCUT2D eigenvalue weighted by atomic mass is 19.1. The van der Waals surface area contributed by atoms with Crippen LogP contribution in [0.5, 0.6) is 0 Å². The highest BCUT2D eigenvalue weighted by Crippen LogP contribution is 2.27. The molecule has 1 aliphatic heterocycles. The van der Waals surface area contributed by atoms with Crippen molar-refractivity contribution in [2.24, 2.45) is 0 Å². The second-order valence-corrected chi connectivity index (χ2v) is 6.34. The van der Waals surface area contributed by atoms with E-state index in [9.17, 15) is 19.3 Å². The quantitative estimate of drug-likeness (QED) is 0.625. The molecule has 25 heavy (non-hydrogen) atoms. The Hall–Kier alpha value is -2.76. The molecule has 2 aromatic rings. The Bertz CT molecular complexity index is 822.